The molecule has 1 aliphatic heterocycles. The second-order valence-electron chi connectivity index (χ2n) is 5.78. The second-order valence-corrected chi connectivity index (χ2v) is 7.38. The van der Waals surface area contributed by atoms with Gasteiger partial charge < -0.3 is 24.8 Å². The van der Waals surface area contributed by atoms with Crippen LogP contribution in [-0.4, -0.2) is 76.8 Å². The first-order chi connectivity index (χ1) is 11.9. The van der Waals surface area contributed by atoms with E-state index in [1.807, 2.05) is 0 Å². The molecule has 0 bridgehead atoms. The molecule has 11 nitrogen and oxygen atoms in total. The summed E-state index contributed by atoms with van der Waals surface area (Å²) in [5.41, 5.74) is 0. The van der Waals surface area contributed by atoms with Crippen LogP contribution in [-0.2, 0) is 42.9 Å². The number of rotatable bonds is 7. The van der Waals surface area contributed by atoms with E-state index in [2.05, 4.69) is 10.6 Å². The van der Waals surface area contributed by atoms with Crippen molar-refractivity contribution in [3.05, 3.63) is 0 Å². The smallest absolute Gasteiger partial charge is 0.303 e. The first-order valence-corrected chi connectivity index (χ1v) is 9.51. The van der Waals surface area contributed by atoms with Crippen molar-refractivity contribution in [1.29, 1.82) is 0 Å². The summed E-state index contributed by atoms with van der Waals surface area (Å²) in [5, 5.41) is 4.99. The highest BCUT2D eigenvalue weighted by atomic mass is 32.2. The standard InChI is InChI=1S/C14H24N2O9S/c1-7(17)15-6-10-12(23-9(3)19)13(25-26(5,20)21)11(16-8(2)18)14(22-4)24-10/h10-14H,6H2,1-5H3,(H,15,17)(H,16,18)/t10-,11+,12-,13-,14-/m1/s1. The fraction of sp³-hybridized carbons (Fsp3) is 0.786. The molecule has 0 aliphatic carbocycles. The monoisotopic (exact) mass is 396 g/mol. The predicted octanol–water partition coefficient (Wildman–Crippen LogP) is -1.72. The fourth-order valence-electron chi connectivity index (χ4n) is 2.55. The van der Waals surface area contributed by atoms with Gasteiger partial charge in [0.15, 0.2) is 12.4 Å². The summed E-state index contributed by atoms with van der Waals surface area (Å²) in [6.07, 6.45) is -3.80. The van der Waals surface area contributed by atoms with Gasteiger partial charge in [0.2, 0.25) is 11.8 Å². The van der Waals surface area contributed by atoms with E-state index in [1.54, 1.807) is 0 Å². The molecule has 1 heterocycles. The van der Waals surface area contributed by atoms with Gasteiger partial charge in [-0.1, -0.05) is 0 Å². The predicted molar refractivity (Wildman–Crippen MR) is 87.2 cm³/mol. The molecule has 150 valence electrons. The summed E-state index contributed by atoms with van der Waals surface area (Å²) >= 11 is 0. The van der Waals surface area contributed by atoms with E-state index in [1.165, 1.54) is 21.0 Å². The Morgan fingerprint density at radius 2 is 1.69 bits per heavy atom. The summed E-state index contributed by atoms with van der Waals surface area (Å²) in [7, 11) is -2.70. The van der Waals surface area contributed by atoms with Crippen molar-refractivity contribution < 1.29 is 41.2 Å². The molecule has 0 aromatic carbocycles. The third-order valence-electron chi connectivity index (χ3n) is 3.39. The number of hydrogen-bond acceptors (Lipinski definition) is 9. The quantitative estimate of drug-likeness (QED) is 0.379. The number of carbonyl (C=O) groups excluding carboxylic acids is 3. The average molecular weight is 396 g/mol. The summed E-state index contributed by atoms with van der Waals surface area (Å²) in [6.45, 7) is 3.53. The van der Waals surface area contributed by atoms with E-state index >= 15 is 0 Å². The lowest BCUT2D eigenvalue weighted by molar-refractivity contribution is -0.255. The van der Waals surface area contributed by atoms with Gasteiger partial charge in [0.05, 0.1) is 6.26 Å². The van der Waals surface area contributed by atoms with E-state index in [9.17, 15) is 22.8 Å². The molecule has 0 spiro atoms. The molecule has 26 heavy (non-hydrogen) atoms. The van der Waals surface area contributed by atoms with Gasteiger partial charge in [0.25, 0.3) is 10.1 Å². The van der Waals surface area contributed by atoms with Crippen LogP contribution in [0.2, 0.25) is 0 Å². The minimum atomic E-state index is -3.99. The molecule has 1 rings (SSSR count). The van der Waals surface area contributed by atoms with E-state index in [-0.39, 0.29) is 12.5 Å². The second kappa shape index (κ2) is 9.26. The average Bonchev–Trinajstić information content (AvgIpc) is 2.47. The minimum Gasteiger partial charge on any atom is -0.457 e. The van der Waals surface area contributed by atoms with Gasteiger partial charge >= 0.3 is 5.97 Å². The number of amides is 2. The van der Waals surface area contributed by atoms with E-state index < -0.39 is 52.6 Å². The summed E-state index contributed by atoms with van der Waals surface area (Å²) in [6, 6.07) is -1.08. The Morgan fingerprint density at radius 1 is 1.08 bits per heavy atom. The Hall–Kier alpha value is -1.76. The SMILES string of the molecule is CO[C@@H]1O[C@H](CNC(C)=O)[C@@H](OC(C)=O)[C@H](OS(C)(=O)=O)[C@@H]1NC(C)=O. The van der Waals surface area contributed by atoms with Gasteiger partial charge in [-0.25, -0.2) is 0 Å². The third kappa shape index (κ3) is 6.86. The number of methoxy groups -OCH3 is 1. The highest BCUT2D eigenvalue weighted by Crippen LogP contribution is 2.27. The summed E-state index contributed by atoms with van der Waals surface area (Å²) < 4.78 is 44.5. The molecule has 0 aromatic rings. The van der Waals surface area contributed by atoms with Crippen molar-refractivity contribution in [2.24, 2.45) is 0 Å². The molecule has 0 saturated carbocycles. The van der Waals surface area contributed by atoms with Crippen LogP contribution in [0, 0.1) is 0 Å². The first kappa shape index (κ1) is 22.3. The van der Waals surface area contributed by atoms with Crippen LogP contribution in [0.25, 0.3) is 0 Å². The number of nitrogens with one attached hydrogen (secondary N) is 2. The molecule has 2 amide bonds. The molecule has 0 unspecified atom stereocenters. The van der Waals surface area contributed by atoms with Gasteiger partial charge in [-0.3, -0.25) is 18.6 Å². The topological polar surface area (TPSA) is 146 Å². The zero-order valence-electron chi connectivity index (χ0n) is 15.2. The number of hydrogen-bond donors (Lipinski definition) is 2. The van der Waals surface area contributed by atoms with Crippen molar-refractivity contribution in [2.75, 3.05) is 19.9 Å². The van der Waals surface area contributed by atoms with Crippen LogP contribution >= 0.6 is 0 Å². The molecule has 1 saturated heterocycles. The van der Waals surface area contributed by atoms with Gasteiger partial charge in [-0.05, 0) is 0 Å². The van der Waals surface area contributed by atoms with Crippen molar-refractivity contribution in [1.82, 2.24) is 10.6 Å². The molecule has 0 radical (unpaired) electrons. The molecular weight excluding hydrogens is 372 g/mol. The van der Waals surface area contributed by atoms with Gasteiger partial charge in [0.1, 0.15) is 18.2 Å². The van der Waals surface area contributed by atoms with E-state index in [4.69, 9.17) is 18.4 Å². The van der Waals surface area contributed by atoms with Crippen LogP contribution in [0.1, 0.15) is 20.8 Å². The van der Waals surface area contributed by atoms with Crippen molar-refractivity contribution in [2.45, 2.75) is 51.4 Å². The Kier molecular flexibility index (Phi) is 7.93. The van der Waals surface area contributed by atoms with E-state index in [0.717, 1.165) is 13.2 Å². The highest BCUT2D eigenvalue weighted by molar-refractivity contribution is 7.86. The number of esters is 1. The molecule has 12 heteroatoms. The number of carbonyl (C=O) groups is 3. The zero-order chi connectivity index (χ0) is 20.1. The summed E-state index contributed by atoms with van der Waals surface area (Å²) in [5.74, 6) is -1.58. The zero-order valence-corrected chi connectivity index (χ0v) is 16.0. The molecule has 2 N–H and O–H groups in total. The Labute approximate surface area is 151 Å². The molecule has 1 fully saturated rings. The maximum Gasteiger partial charge on any atom is 0.303 e. The van der Waals surface area contributed by atoms with Crippen molar-refractivity contribution >= 4 is 27.9 Å². The van der Waals surface area contributed by atoms with Crippen LogP contribution in [0.3, 0.4) is 0 Å². The maximum atomic E-state index is 11.7. The van der Waals surface area contributed by atoms with Crippen LogP contribution in [0.5, 0.6) is 0 Å². The van der Waals surface area contributed by atoms with Crippen LogP contribution < -0.4 is 10.6 Å². The van der Waals surface area contributed by atoms with Gasteiger partial charge in [-0.2, -0.15) is 8.42 Å². The largest absolute Gasteiger partial charge is 0.457 e. The Morgan fingerprint density at radius 3 is 2.12 bits per heavy atom. The van der Waals surface area contributed by atoms with Crippen molar-refractivity contribution in [3.63, 3.8) is 0 Å². The van der Waals surface area contributed by atoms with Crippen LogP contribution in [0.4, 0.5) is 0 Å². The maximum absolute atomic E-state index is 11.7. The molecule has 0 aromatic heterocycles. The summed E-state index contributed by atoms with van der Waals surface area (Å²) in [4.78, 5) is 34.2. The normalized spacial score (nSPS) is 28.9. The lowest BCUT2D eigenvalue weighted by atomic mass is 9.96. The first-order valence-electron chi connectivity index (χ1n) is 7.70. The lowest BCUT2D eigenvalue weighted by Crippen LogP contribution is -2.67. The van der Waals surface area contributed by atoms with E-state index in [0.29, 0.717) is 0 Å². The van der Waals surface area contributed by atoms with Gasteiger partial charge in [0, 0.05) is 34.4 Å². The molecule has 5 atom stereocenters. The highest BCUT2D eigenvalue weighted by Gasteiger charge is 2.50. The fourth-order valence-corrected chi connectivity index (χ4v) is 3.18. The Bertz CT molecular complexity index is 636. The van der Waals surface area contributed by atoms with Crippen molar-refractivity contribution in [3.8, 4) is 0 Å². The van der Waals surface area contributed by atoms with Crippen LogP contribution in [0.15, 0.2) is 0 Å². The molecular formula is C14H24N2O9S. The Balaban J connectivity index is 3.28. The lowest BCUT2D eigenvalue weighted by Gasteiger charge is -2.44. The number of ether oxygens (including phenoxy) is 3. The van der Waals surface area contributed by atoms with Gasteiger partial charge in [-0.15, -0.1) is 0 Å². The third-order valence-corrected chi connectivity index (χ3v) is 3.96. The minimum absolute atomic E-state index is 0.0937. The molecule has 1 aliphatic rings.